The van der Waals surface area contributed by atoms with Gasteiger partial charge in [0.05, 0.1) is 0 Å². The first-order valence-corrected chi connectivity index (χ1v) is 6.53. The van der Waals surface area contributed by atoms with Crippen molar-refractivity contribution in [1.82, 2.24) is 10.2 Å². The molecule has 0 bridgehead atoms. The lowest BCUT2D eigenvalue weighted by Crippen LogP contribution is -2.41. The molecule has 0 aromatic heterocycles. The molecule has 1 aromatic carbocycles. The van der Waals surface area contributed by atoms with Gasteiger partial charge >= 0.3 is 0 Å². The van der Waals surface area contributed by atoms with Crippen molar-refractivity contribution in [2.45, 2.75) is 25.3 Å². The first-order chi connectivity index (χ1) is 8.83. The maximum atomic E-state index is 12.2. The molecule has 1 amide bonds. The van der Waals surface area contributed by atoms with Gasteiger partial charge in [0, 0.05) is 0 Å². The monoisotopic (exact) mass is 244 g/mol. The van der Waals surface area contributed by atoms with Gasteiger partial charge < -0.3 is 5.32 Å². The molecule has 3 nitrogen and oxygen atoms in total. The van der Waals surface area contributed by atoms with Gasteiger partial charge in [-0.15, -0.1) is 0 Å². The van der Waals surface area contributed by atoms with Gasteiger partial charge in [-0.2, -0.15) is 0 Å². The van der Waals surface area contributed by atoms with E-state index < -0.39 is 0 Å². The molecule has 1 unspecified atom stereocenters. The zero-order valence-electron chi connectivity index (χ0n) is 10.6. The summed E-state index contributed by atoms with van der Waals surface area (Å²) in [5.74, 6) is 0.0121. The summed E-state index contributed by atoms with van der Waals surface area (Å²) in [6.07, 6.45) is 5.07. The highest BCUT2D eigenvalue weighted by Crippen LogP contribution is 2.24. The second kappa shape index (κ2) is 6.36. The van der Waals surface area contributed by atoms with Crippen molar-refractivity contribution in [3.8, 4) is 0 Å². The zero-order chi connectivity index (χ0) is 12.8. The summed E-state index contributed by atoms with van der Waals surface area (Å²) in [4.78, 5) is 14.5. The summed E-state index contributed by atoms with van der Waals surface area (Å²) in [5.41, 5.74) is 1.05. The Bertz CT molecular complexity index is 396. The molecule has 3 heteroatoms. The van der Waals surface area contributed by atoms with Gasteiger partial charge in [0.2, 0.25) is 5.91 Å². The van der Waals surface area contributed by atoms with Crippen LogP contribution in [-0.2, 0) is 4.79 Å². The van der Waals surface area contributed by atoms with Crippen LogP contribution in [0.1, 0.15) is 30.9 Å². The second-order valence-corrected chi connectivity index (χ2v) is 4.62. The van der Waals surface area contributed by atoms with Crippen LogP contribution in [0.5, 0.6) is 0 Å². The Morgan fingerprint density at radius 1 is 1.22 bits per heavy atom. The van der Waals surface area contributed by atoms with Crippen LogP contribution in [-0.4, -0.2) is 23.9 Å². The van der Waals surface area contributed by atoms with Crippen LogP contribution in [0.15, 0.2) is 43.1 Å². The number of amides is 1. The van der Waals surface area contributed by atoms with E-state index in [9.17, 15) is 4.79 Å². The van der Waals surface area contributed by atoms with Crippen LogP contribution in [0.25, 0.3) is 0 Å². The minimum Gasteiger partial charge on any atom is -0.332 e. The van der Waals surface area contributed by atoms with E-state index in [1.807, 2.05) is 30.3 Å². The lowest BCUT2D eigenvalue weighted by Gasteiger charge is -2.33. The van der Waals surface area contributed by atoms with Gasteiger partial charge in [0.1, 0.15) is 6.04 Å². The predicted molar refractivity (Wildman–Crippen MR) is 72.9 cm³/mol. The fraction of sp³-hybridized carbons (Fsp3) is 0.400. The van der Waals surface area contributed by atoms with E-state index in [1.165, 1.54) is 25.5 Å². The Labute approximate surface area is 108 Å². The molecular weight excluding hydrogens is 224 g/mol. The van der Waals surface area contributed by atoms with E-state index in [4.69, 9.17) is 0 Å². The van der Waals surface area contributed by atoms with E-state index in [0.717, 1.165) is 18.7 Å². The molecule has 0 radical (unpaired) electrons. The molecular formula is C15H20N2O. The minimum absolute atomic E-state index is 0.0121. The summed E-state index contributed by atoms with van der Waals surface area (Å²) < 4.78 is 0. The predicted octanol–water partition coefficient (Wildman–Crippen LogP) is 2.47. The Balaban J connectivity index is 2.21. The fourth-order valence-electron chi connectivity index (χ4n) is 2.52. The van der Waals surface area contributed by atoms with E-state index in [0.29, 0.717) is 0 Å². The van der Waals surface area contributed by atoms with E-state index in [2.05, 4.69) is 16.8 Å². The average Bonchev–Trinajstić information content (AvgIpc) is 2.42. The number of likely N-dealkylation sites (tertiary alicyclic amines) is 1. The van der Waals surface area contributed by atoms with Crippen LogP contribution in [0.4, 0.5) is 0 Å². The molecule has 0 spiro atoms. The molecule has 1 aromatic rings. The highest BCUT2D eigenvalue weighted by Gasteiger charge is 2.27. The highest BCUT2D eigenvalue weighted by atomic mass is 16.2. The number of rotatable bonds is 4. The van der Waals surface area contributed by atoms with Gasteiger partial charge in [-0.3, -0.25) is 9.69 Å². The molecule has 1 aliphatic heterocycles. The maximum absolute atomic E-state index is 12.2. The summed E-state index contributed by atoms with van der Waals surface area (Å²) in [7, 11) is 0. The molecule has 1 heterocycles. The SMILES string of the molecule is C=CNC(=O)C(c1ccccc1)N1CCCCC1. The second-order valence-electron chi connectivity index (χ2n) is 4.62. The Kier molecular flexibility index (Phi) is 4.53. The number of carbonyl (C=O) groups excluding carboxylic acids is 1. The lowest BCUT2D eigenvalue weighted by atomic mass is 10.0. The van der Waals surface area contributed by atoms with E-state index >= 15 is 0 Å². The molecule has 1 atom stereocenters. The van der Waals surface area contributed by atoms with Crippen molar-refractivity contribution in [2.75, 3.05) is 13.1 Å². The van der Waals surface area contributed by atoms with Crippen LogP contribution in [0.3, 0.4) is 0 Å². The minimum atomic E-state index is -0.190. The largest absolute Gasteiger partial charge is 0.332 e. The number of hydrogen-bond donors (Lipinski definition) is 1. The van der Waals surface area contributed by atoms with E-state index in [-0.39, 0.29) is 11.9 Å². The summed E-state index contributed by atoms with van der Waals surface area (Å²) in [6, 6.07) is 9.77. The Hall–Kier alpha value is -1.61. The van der Waals surface area contributed by atoms with Crippen LogP contribution < -0.4 is 5.32 Å². The number of benzene rings is 1. The van der Waals surface area contributed by atoms with E-state index in [1.54, 1.807) is 0 Å². The fourth-order valence-corrected chi connectivity index (χ4v) is 2.52. The standard InChI is InChI=1S/C15H20N2O/c1-2-16-15(18)14(13-9-5-3-6-10-13)17-11-7-4-8-12-17/h2-3,5-6,9-10,14H,1,4,7-8,11-12H2,(H,16,18). The normalized spacial score (nSPS) is 18.0. The number of hydrogen-bond acceptors (Lipinski definition) is 2. The van der Waals surface area contributed by atoms with Crippen molar-refractivity contribution in [2.24, 2.45) is 0 Å². The molecule has 0 aliphatic carbocycles. The Morgan fingerprint density at radius 2 is 1.89 bits per heavy atom. The number of nitrogens with one attached hydrogen (secondary N) is 1. The first-order valence-electron chi connectivity index (χ1n) is 6.53. The molecule has 0 saturated carbocycles. The van der Waals surface area contributed by atoms with Crippen molar-refractivity contribution >= 4 is 5.91 Å². The van der Waals surface area contributed by atoms with Gasteiger partial charge in [0.25, 0.3) is 0 Å². The summed E-state index contributed by atoms with van der Waals surface area (Å²) in [6.45, 7) is 5.55. The molecule has 1 N–H and O–H groups in total. The average molecular weight is 244 g/mol. The van der Waals surface area contributed by atoms with Gasteiger partial charge in [-0.1, -0.05) is 43.3 Å². The number of carbonyl (C=O) groups is 1. The maximum Gasteiger partial charge on any atom is 0.245 e. The first kappa shape index (κ1) is 12.8. The third-order valence-electron chi connectivity index (χ3n) is 3.36. The molecule has 1 saturated heterocycles. The van der Waals surface area contributed by atoms with Crippen LogP contribution in [0, 0.1) is 0 Å². The molecule has 1 aliphatic rings. The highest BCUT2D eigenvalue weighted by molar-refractivity contribution is 5.83. The molecule has 18 heavy (non-hydrogen) atoms. The van der Waals surface area contributed by atoms with Crippen molar-refractivity contribution in [1.29, 1.82) is 0 Å². The lowest BCUT2D eigenvalue weighted by molar-refractivity contribution is -0.126. The van der Waals surface area contributed by atoms with Crippen molar-refractivity contribution in [3.05, 3.63) is 48.7 Å². The van der Waals surface area contributed by atoms with Gasteiger partial charge in [-0.05, 0) is 37.7 Å². The van der Waals surface area contributed by atoms with Gasteiger partial charge in [0.15, 0.2) is 0 Å². The summed E-state index contributed by atoms with van der Waals surface area (Å²) >= 11 is 0. The Morgan fingerprint density at radius 3 is 2.50 bits per heavy atom. The molecule has 96 valence electrons. The summed E-state index contributed by atoms with van der Waals surface area (Å²) in [5, 5.41) is 2.72. The third-order valence-corrected chi connectivity index (χ3v) is 3.36. The topological polar surface area (TPSA) is 32.3 Å². The van der Waals surface area contributed by atoms with Crippen molar-refractivity contribution < 1.29 is 4.79 Å². The smallest absolute Gasteiger partial charge is 0.245 e. The molecule has 1 fully saturated rings. The van der Waals surface area contributed by atoms with Crippen LogP contribution in [0.2, 0.25) is 0 Å². The van der Waals surface area contributed by atoms with Crippen molar-refractivity contribution in [3.63, 3.8) is 0 Å². The number of nitrogens with zero attached hydrogens (tertiary/aromatic N) is 1. The quantitative estimate of drug-likeness (QED) is 0.882. The molecule has 2 rings (SSSR count). The number of piperidine rings is 1. The third kappa shape index (κ3) is 2.99. The van der Waals surface area contributed by atoms with Crippen LogP contribution >= 0.6 is 0 Å². The van der Waals surface area contributed by atoms with Gasteiger partial charge in [-0.25, -0.2) is 0 Å². The zero-order valence-corrected chi connectivity index (χ0v) is 10.6.